The maximum absolute atomic E-state index is 12.1. The van der Waals surface area contributed by atoms with E-state index in [0.717, 1.165) is 12.8 Å². The fourth-order valence-corrected chi connectivity index (χ4v) is 2.06. The van der Waals surface area contributed by atoms with Crippen LogP contribution in [-0.4, -0.2) is 40.1 Å². The third-order valence-corrected chi connectivity index (χ3v) is 2.97. The van der Waals surface area contributed by atoms with E-state index in [-0.39, 0.29) is 11.1 Å². The molecule has 1 aliphatic heterocycles. The fourth-order valence-electron chi connectivity index (χ4n) is 1.86. The molecule has 1 aromatic heterocycles. The van der Waals surface area contributed by atoms with Crippen molar-refractivity contribution in [3.05, 3.63) is 29.0 Å². The number of aromatic nitrogens is 1. The summed E-state index contributed by atoms with van der Waals surface area (Å²) in [7, 11) is 0. The normalized spacial score (nSPS) is 20.9. The predicted octanol–water partition coefficient (Wildman–Crippen LogP) is 1.33. The van der Waals surface area contributed by atoms with Crippen molar-refractivity contribution in [2.75, 3.05) is 13.1 Å². The summed E-state index contributed by atoms with van der Waals surface area (Å²) in [6.45, 7) is 1.05. The van der Waals surface area contributed by atoms with E-state index in [4.69, 9.17) is 11.6 Å². The minimum absolute atomic E-state index is 0.156. The molecule has 0 aromatic carbocycles. The molecule has 0 radical (unpaired) electrons. The molecule has 1 atom stereocenters. The molecule has 1 amide bonds. The van der Waals surface area contributed by atoms with E-state index < -0.39 is 6.10 Å². The molecule has 0 bridgehead atoms. The maximum Gasteiger partial charge on any atom is 0.257 e. The van der Waals surface area contributed by atoms with Crippen LogP contribution < -0.4 is 0 Å². The molecule has 0 saturated carbocycles. The van der Waals surface area contributed by atoms with E-state index in [2.05, 4.69) is 4.98 Å². The highest BCUT2D eigenvalue weighted by molar-refractivity contribution is 6.32. The Hall–Kier alpha value is -1.13. The zero-order chi connectivity index (χ0) is 11.5. The van der Waals surface area contributed by atoms with Gasteiger partial charge in [-0.2, -0.15) is 0 Å². The van der Waals surface area contributed by atoms with Crippen molar-refractivity contribution in [2.24, 2.45) is 0 Å². The van der Waals surface area contributed by atoms with Crippen LogP contribution in [0.25, 0.3) is 0 Å². The summed E-state index contributed by atoms with van der Waals surface area (Å²) in [5.41, 5.74) is 0.401. The number of hydrogen-bond donors (Lipinski definition) is 1. The topological polar surface area (TPSA) is 53.4 Å². The number of aliphatic hydroxyl groups excluding tert-OH is 1. The highest BCUT2D eigenvalue weighted by Crippen LogP contribution is 2.17. The molecule has 1 aliphatic rings. The van der Waals surface area contributed by atoms with Gasteiger partial charge in [-0.25, -0.2) is 4.98 Å². The van der Waals surface area contributed by atoms with Gasteiger partial charge in [0.25, 0.3) is 5.91 Å². The molecule has 1 saturated heterocycles. The van der Waals surface area contributed by atoms with Crippen LogP contribution in [0, 0.1) is 0 Å². The molecule has 0 aliphatic carbocycles. The molecule has 1 fully saturated rings. The number of hydrogen-bond acceptors (Lipinski definition) is 3. The number of likely N-dealkylation sites (tertiary alicyclic amines) is 1. The van der Waals surface area contributed by atoms with Crippen LogP contribution in [-0.2, 0) is 0 Å². The lowest BCUT2D eigenvalue weighted by Gasteiger charge is -2.30. The first-order valence-electron chi connectivity index (χ1n) is 5.26. The molecule has 4 nitrogen and oxygen atoms in total. The highest BCUT2D eigenvalue weighted by Gasteiger charge is 2.24. The Morgan fingerprint density at radius 2 is 2.44 bits per heavy atom. The summed E-state index contributed by atoms with van der Waals surface area (Å²) < 4.78 is 0. The highest BCUT2D eigenvalue weighted by atomic mass is 35.5. The summed E-state index contributed by atoms with van der Waals surface area (Å²) in [6, 6.07) is 3.33. The number of carbonyl (C=O) groups excluding carboxylic acids is 1. The first-order chi connectivity index (χ1) is 7.68. The minimum atomic E-state index is -0.423. The molecule has 1 N–H and O–H groups in total. The maximum atomic E-state index is 12.1. The van der Waals surface area contributed by atoms with Crippen LogP contribution in [0.15, 0.2) is 18.3 Å². The van der Waals surface area contributed by atoms with Gasteiger partial charge in [0.1, 0.15) is 5.15 Å². The quantitative estimate of drug-likeness (QED) is 0.754. The molecule has 2 rings (SSSR count). The van der Waals surface area contributed by atoms with Gasteiger partial charge in [0.15, 0.2) is 0 Å². The number of rotatable bonds is 1. The van der Waals surface area contributed by atoms with Gasteiger partial charge in [0, 0.05) is 19.3 Å². The van der Waals surface area contributed by atoms with E-state index in [1.807, 2.05) is 0 Å². The Kier molecular flexibility index (Phi) is 3.41. The van der Waals surface area contributed by atoms with Crippen molar-refractivity contribution in [3.63, 3.8) is 0 Å². The van der Waals surface area contributed by atoms with Gasteiger partial charge in [-0.1, -0.05) is 11.6 Å². The number of β-amino-alcohol motifs (C(OH)–C–C–N with tert-alkyl or cyclic N) is 1. The number of amides is 1. The molecule has 0 unspecified atom stereocenters. The number of aliphatic hydroxyl groups is 1. The smallest absolute Gasteiger partial charge is 0.257 e. The van der Waals surface area contributed by atoms with E-state index >= 15 is 0 Å². The number of pyridine rings is 1. The Bertz CT molecular complexity index is 397. The zero-order valence-electron chi connectivity index (χ0n) is 8.77. The van der Waals surface area contributed by atoms with Crippen molar-refractivity contribution in [1.82, 2.24) is 9.88 Å². The van der Waals surface area contributed by atoms with E-state index in [0.29, 0.717) is 18.7 Å². The Balaban J connectivity index is 2.16. The molecule has 86 valence electrons. The summed E-state index contributed by atoms with van der Waals surface area (Å²) >= 11 is 5.85. The first-order valence-corrected chi connectivity index (χ1v) is 5.64. The largest absolute Gasteiger partial charge is 0.391 e. The molecular formula is C11H13ClN2O2. The van der Waals surface area contributed by atoms with Gasteiger partial charge < -0.3 is 10.0 Å². The molecule has 2 heterocycles. The van der Waals surface area contributed by atoms with Gasteiger partial charge in [-0.05, 0) is 25.0 Å². The predicted molar refractivity (Wildman–Crippen MR) is 60.4 cm³/mol. The average Bonchev–Trinajstić information content (AvgIpc) is 2.29. The third kappa shape index (κ3) is 2.33. The van der Waals surface area contributed by atoms with Crippen molar-refractivity contribution in [1.29, 1.82) is 0 Å². The number of piperidine rings is 1. The van der Waals surface area contributed by atoms with Crippen LogP contribution >= 0.6 is 11.6 Å². The minimum Gasteiger partial charge on any atom is -0.391 e. The first kappa shape index (κ1) is 11.4. The lowest BCUT2D eigenvalue weighted by atomic mass is 10.1. The number of carbonyl (C=O) groups is 1. The van der Waals surface area contributed by atoms with Crippen LogP contribution in [0.5, 0.6) is 0 Å². The molecule has 1 aromatic rings. The van der Waals surface area contributed by atoms with E-state index in [1.165, 1.54) is 0 Å². The Morgan fingerprint density at radius 1 is 1.62 bits per heavy atom. The second-order valence-corrected chi connectivity index (χ2v) is 4.25. The lowest BCUT2D eigenvalue weighted by molar-refractivity contribution is 0.0473. The van der Waals surface area contributed by atoms with E-state index in [9.17, 15) is 9.90 Å². The number of nitrogens with zero attached hydrogens (tertiary/aromatic N) is 2. The molecule has 0 spiro atoms. The molecular weight excluding hydrogens is 228 g/mol. The monoisotopic (exact) mass is 240 g/mol. The molecule has 16 heavy (non-hydrogen) atoms. The van der Waals surface area contributed by atoms with Crippen LogP contribution in [0.4, 0.5) is 0 Å². The van der Waals surface area contributed by atoms with Crippen molar-refractivity contribution in [3.8, 4) is 0 Å². The summed E-state index contributed by atoms with van der Waals surface area (Å²) in [4.78, 5) is 17.5. The third-order valence-electron chi connectivity index (χ3n) is 2.67. The van der Waals surface area contributed by atoms with Crippen LogP contribution in [0.3, 0.4) is 0 Å². The van der Waals surface area contributed by atoms with Gasteiger partial charge in [-0.15, -0.1) is 0 Å². The second kappa shape index (κ2) is 4.80. The van der Waals surface area contributed by atoms with E-state index in [1.54, 1.807) is 23.2 Å². The van der Waals surface area contributed by atoms with Crippen LogP contribution in [0.2, 0.25) is 5.15 Å². The summed E-state index contributed by atoms with van der Waals surface area (Å²) in [6.07, 6.45) is 2.70. The zero-order valence-corrected chi connectivity index (χ0v) is 9.52. The standard InChI is InChI=1S/C11H13ClN2O2/c12-10-9(4-1-5-13-10)11(16)14-6-2-3-8(15)7-14/h1,4-5,8,15H,2-3,6-7H2/t8-/m1/s1. The van der Waals surface area contributed by atoms with Gasteiger partial charge in [0.2, 0.25) is 0 Å². The average molecular weight is 241 g/mol. The summed E-state index contributed by atoms with van der Waals surface area (Å²) in [5.74, 6) is -0.156. The molecule has 5 heteroatoms. The lowest BCUT2D eigenvalue weighted by Crippen LogP contribution is -2.42. The van der Waals surface area contributed by atoms with Crippen molar-refractivity contribution in [2.45, 2.75) is 18.9 Å². The van der Waals surface area contributed by atoms with Crippen molar-refractivity contribution < 1.29 is 9.90 Å². The van der Waals surface area contributed by atoms with Crippen molar-refractivity contribution >= 4 is 17.5 Å². The van der Waals surface area contributed by atoms with Gasteiger partial charge in [0.05, 0.1) is 11.7 Å². The number of halogens is 1. The Morgan fingerprint density at radius 3 is 3.12 bits per heavy atom. The van der Waals surface area contributed by atoms with Gasteiger partial charge in [-0.3, -0.25) is 4.79 Å². The van der Waals surface area contributed by atoms with Crippen LogP contribution in [0.1, 0.15) is 23.2 Å². The SMILES string of the molecule is O=C(c1cccnc1Cl)N1CCC[C@@H](O)C1. The fraction of sp³-hybridized carbons (Fsp3) is 0.455. The Labute approximate surface area is 98.9 Å². The second-order valence-electron chi connectivity index (χ2n) is 3.89. The van der Waals surface area contributed by atoms with Gasteiger partial charge >= 0.3 is 0 Å². The summed E-state index contributed by atoms with van der Waals surface area (Å²) in [5, 5.41) is 9.72.